The van der Waals surface area contributed by atoms with Gasteiger partial charge in [-0.3, -0.25) is 0 Å². The first-order valence-corrected chi connectivity index (χ1v) is 6.13. The molecule has 4 N–H and O–H groups in total. The molecule has 0 atom stereocenters. The van der Waals surface area contributed by atoms with Crippen molar-refractivity contribution in [3.63, 3.8) is 0 Å². The summed E-state index contributed by atoms with van der Waals surface area (Å²) in [7, 11) is 0. The number of aryl methyl sites for hydroxylation is 1. The Balaban J connectivity index is 2.36. The average molecular weight is 263 g/mol. The maximum absolute atomic E-state index is 5.92. The first-order valence-electron chi connectivity index (χ1n) is 5.75. The number of halogens is 1. The van der Waals surface area contributed by atoms with Gasteiger partial charge in [0.2, 0.25) is 5.95 Å². The number of anilines is 2. The summed E-state index contributed by atoms with van der Waals surface area (Å²) in [5, 5.41) is 0.719. The summed E-state index contributed by atoms with van der Waals surface area (Å²) in [5.41, 5.74) is 14.5. The highest BCUT2D eigenvalue weighted by molar-refractivity contribution is 6.30. The van der Waals surface area contributed by atoms with Crippen LogP contribution in [0.1, 0.15) is 23.7 Å². The zero-order valence-corrected chi connectivity index (χ0v) is 10.9. The van der Waals surface area contributed by atoms with E-state index in [-0.39, 0.29) is 5.95 Å². The Morgan fingerprint density at radius 1 is 1.11 bits per heavy atom. The molecule has 0 fully saturated rings. The van der Waals surface area contributed by atoms with Crippen molar-refractivity contribution in [2.75, 3.05) is 11.5 Å². The molecule has 1 aromatic heterocycles. The van der Waals surface area contributed by atoms with Crippen molar-refractivity contribution < 1.29 is 0 Å². The lowest BCUT2D eigenvalue weighted by Gasteiger charge is -2.10. The van der Waals surface area contributed by atoms with Gasteiger partial charge in [-0.15, -0.1) is 0 Å². The summed E-state index contributed by atoms with van der Waals surface area (Å²) in [6.07, 6.45) is 1.46. The van der Waals surface area contributed by atoms with Gasteiger partial charge in [-0.25, -0.2) is 4.98 Å². The number of benzene rings is 1. The molecule has 94 valence electrons. The third-order valence-electron chi connectivity index (χ3n) is 2.77. The van der Waals surface area contributed by atoms with Gasteiger partial charge in [0.05, 0.1) is 5.69 Å². The Labute approximate surface area is 111 Å². The summed E-state index contributed by atoms with van der Waals surface area (Å²) < 4.78 is 0. The van der Waals surface area contributed by atoms with Gasteiger partial charge in [-0.2, -0.15) is 4.98 Å². The van der Waals surface area contributed by atoms with E-state index in [4.69, 9.17) is 23.1 Å². The van der Waals surface area contributed by atoms with Crippen LogP contribution in [0.5, 0.6) is 0 Å². The molecule has 2 aromatic rings. The molecule has 0 saturated heterocycles. The average Bonchev–Trinajstić information content (AvgIpc) is 2.34. The summed E-state index contributed by atoms with van der Waals surface area (Å²) in [5.74, 6) is 0.679. The Bertz CT molecular complexity index is 552. The third-order valence-corrected chi connectivity index (χ3v) is 3.02. The first-order chi connectivity index (χ1) is 8.60. The molecule has 18 heavy (non-hydrogen) atoms. The lowest BCUT2D eigenvalue weighted by atomic mass is 10.0. The molecular weight excluding hydrogens is 248 g/mol. The second-order valence-corrected chi connectivity index (χ2v) is 4.49. The van der Waals surface area contributed by atoms with Crippen LogP contribution in [0.15, 0.2) is 24.3 Å². The number of nitrogens with zero attached hydrogens (tertiary/aromatic N) is 2. The van der Waals surface area contributed by atoms with E-state index in [0.29, 0.717) is 12.2 Å². The predicted octanol–water partition coefficient (Wildman–Crippen LogP) is 2.45. The quantitative estimate of drug-likeness (QED) is 0.891. The molecule has 1 aromatic carbocycles. The Hall–Kier alpha value is -1.81. The Morgan fingerprint density at radius 2 is 1.78 bits per heavy atom. The van der Waals surface area contributed by atoms with Crippen LogP contribution in [0.2, 0.25) is 5.02 Å². The van der Waals surface area contributed by atoms with E-state index in [2.05, 4.69) is 9.97 Å². The lowest BCUT2D eigenvalue weighted by Crippen LogP contribution is -2.09. The molecule has 0 saturated carbocycles. The molecule has 0 radical (unpaired) electrons. The number of hydrogen-bond acceptors (Lipinski definition) is 4. The van der Waals surface area contributed by atoms with Crippen molar-refractivity contribution in [3.8, 4) is 0 Å². The van der Waals surface area contributed by atoms with Crippen molar-refractivity contribution >= 4 is 23.4 Å². The molecule has 0 aliphatic rings. The van der Waals surface area contributed by atoms with Crippen LogP contribution in [0.25, 0.3) is 0 Å². The normalized spacial score (nSPS) is 10.6. The van der Waals surface area contributed by atoms with E-state index < -0.39 is 0 Å². The molecule has 0 aliphatic heterocycles. The fourth-order valence-electron chi connectivity index (χ4n) is 1.86. The Kier molecular flexibility index (Phi) is 3.67. The predicted molar refractivity (Wildman–Crippen MR) is 74.5 cm³/mol. The standard InChI is InChI=1S/C13H15ClN4/c1-2-11-10(12(15)18-13(16)17-11)7-8-3-5-9(14)6-4-8/h3-6H,2,7H2,1H3,(H4,15,16,17,18). The molecule has 0 spiro atoms. The molecule has 0 bridgehead atoms. The molecule has 2 rings (SSSR count). The molecule has 4 nitrogen and oxygen atoms in total. The Morgan fingerprint density at radius 3 is 2.39 bits per heavy atom. The number of hydrogen-bond donors (Lipinski definition) is 2. The van der Waals surface area contributed by atoms with Crippen molar-refractivity contribution in [3.05, 3.63) is 46.1 Å². The van der Waals surface area contributed by atoms with E-state index in [0.717, 1.165) is 28.3 Å². The second-order valence-electron chi connectivity index (χ2n) is 4.05. The molecule has 0 unspecified atom stereocenters. The fourth-order valence-corrected chi connectivity index (χ4v) is 1.99. The van der Waals surface area contributed by atoms with Gasteiger partial charge in [0.25, 0.3) is 0 Å². The lowest BCUT2D eigenvalue weighted by molar-refractivity contribution is 0.958. The summed E-state index contributed by atoms with van der Waals surface area (Å²) in [4.78, 5) is 8.24. The second kappa shape index (κ2) is 5.23. The maximum Gasteiger partial charge on any atom is 0.222 e. The highest BCUT2D eigenvalue weighted by atomic mass is 35.5. The van der Waals surface area contributed by atoms with E-state index in [1.54, 1.807) is 0 Å². The SMILES string of the molecule is CCc1nc(N)nc(N)c1Cc1ccc(Cl)cc1. The van der Waals surface area contributed by atoms with Gasteiger partial charge < -0.3 is 11.5 Å². The van der Waals surface area contributed by atoms with Gasteiger partial charge in [0.1, 0.15) is 5.82 Å². The number of aromatic nitrogens is 2. The van der Waals surface area contributed by atoms with Crippen LogP contribution in [-0.4, -0.2) is 9.97 Å². The van der Waals surface area contributed by atoms with Crippen molar-refractivity contribution in [2.45, 2.75) is 19.8 Å². The first kappa shape index (κ1) is 12.6. The van der Waals surface area contributed by atoms with Crippen LogP contribution >= 0.6 is 11.6 Å². The van der Waals surface area contributed by atoms with Crippen LogP contribution in [-0.2, 0) is 12.8 Å². The molecule has 0 aliphatic carbocycles. The highest BCUT2D eigenvalue weighted by Gasteiger charge is 2.10. The fraction of sp³-hybridized carbons (Fsp3) is 0.231. The number of nitrogens with two attached hydrogens (primary N) is 2. The van der Waals surface area contributed by atoms with Gasteiger partial charge >= 0.3 is 0 Å². The van der Waals surface area contributed by atoms with Gasteiger partial charge in [0.15, 0.2) is 0 Å². The number of rotatable bonds is 3. The van der Waals surface area contributed by atoms with E-state index in [1.807, 2.05) is 31.2 Å². The van der Waals surface area contributed by atoms with Gasteiger partial charge in [0, 0.05) is 17.0 Å². The largest absolute Gasteiger partial charge is 0.383 e. The smallest absolute Gasteiger partial charge is 0.222 e. The summed E-state index contributed by atoms with van der Waals surface area (Å²) in [6, 6.07) is 7.66. The molecule has 5 heteroatoms. The topological polar surface area (TPSA) is 77.8 Å². The van der Waals surface area contributed by atoms with E-state index in [1.165, 1.54) is 0 Å². The number of nitrogen functional groups attached to an aromatic ring is 2. The molecular formula is C13H15ClN4. The van der Waals surface area contributed by atoms with Crippen LogP contribution in [0.3, 0.4) is 0 Å². The zero-order chi connectivity index (χ0) is 13.1. The van der Waals surface area contributed by atoms with Crippen LogP contribution in [0.4, 0.5) is 11.8 Å². The van der Waals surface area contributed by atoms with Gasteiger partial charge in [-0.1, -0.05) is 30.7 Å². The minimum Gasteiger partial charge on any atom is -0.383 e. The van der Waals surface area contributed by atoms with E-state index in [9.17, 15) is 0 Å². The van der Waals surface area contributed by atoms with Crippen molar-refractivity contribution in [1.82, 2.24) is 9.97 Å². The third kappa shape index (κ3) is 2.71. The molecule has 1 heterocycles. The van der Waals surface area contributed by atoms with Crippen LogP contribution < -0.4 is 11.5 Å². The van der Waals surface area contributed by atoms with Crippen molar-refractivity contribution in [2.24, 2.45) is 0 Å². The molecule has 0 amide bonds. The van der Waals surface area contributed by atoms with Gasteiger partial charge in [-0.05, 0) is 24.1 Å². The monoisotopic (exact) mass is 262 g/mol. The maximum atomic E-state index is 5.92. The minimum atomic E-state index is 0.226. The van der Waals surface area contributed by atoms with Crippen molar-refractivity contribution in [1.29, 1.82) is 0 Å². The zero-order valence-electron chi connectivity index (χ0n) is 10.2. The summed E-state index contributed by atoms with van der Waals surface area (Å²) in [6.45, 7) is 2.02. The minimum absolute atomic E-state index is 0.226. The summed E-state index contributed by atoms with van der Waals surface area (Å²) >= 11 is 5.86. The van der Waals surface area contributed by atoms with E-state index >= 15 is 0 Å². The van der Waals surface area contributed by atoms with Crippen LogP contribution in [0, 0.1) is 0 Å². The highest BCUT2D eigenvalue weighted by Crippen LogP contribution is 2.20.